The molecule has 0 saturated carbocycles. The molecular formula is C17H15BrO4. The average Bonchev–Trinajstić information content (AvgIpc) is 2.54. The number of halogens is 1. The van der Waals surface area contributed by atoms with Crippen LogP contribution in [0.15, 0.2) is 53.0 Å². The van der Waals surface area contributed by atoms with Gasteiger partial charge in [0.2, 0.25) is 0 Å². The summed E-state index contributed by atoms with van der Waals surface area (Å²) >= 11 is 3.23. The first-order valence-corrected chi connectivity index (χ1v) is 7.34. The molecule has 0 fully saturated rings. The fourth-order valence-corrected chi connectivity index (χ4v) is 2.21. The molecule has 2 rings (SSSR count). The van der Waals surface area contributed by atoms with Crippen molar-refractivity contribution in [2.45, 2.75) is 0 Å². The van der Waals surface area contributed by atoms with E-state index < -0.39 is 0 Å². The van der Waals surface area contributed by atoms with Gasteiger partial charge in [0, 0.05) is 0 Å². The van der Waals surface area contributed by atoms with Gasteiger partial charge in [0.25, 0.3) is 0 Å². The first-order valence-electron chi connectivity index (χ1n) is 6.55. The fraction of sp³-hybridized carbons (Fsp3) is 0.118. The van der Waals surface area contributed by atoms with Crippen molar-refractivity contribution < 1.29 is 19.4 Å². The van der Waals surface area contributed by atoms with Crippen LogP contribution in [-0.2, 0) is 4.79 Å². The highest BCUT2D eigenvalue weighted by molar-refractivity contribution is 9.10. The topological polar surface area (TPSA) is 55.8 Å². The number of carbonyl (C=O) groups is 1. The molecule has 1 N–H and O–H groups in total. The number of phenolic OH excluding ortho intramolecular Hbond substituents is 1. The van der Waals surface area contributed by atoms with Gasteiger partial charge in [-0.05, 0) is 51.8 Å². The largest absolute Gasteiger partial charge is 0.503 e. The van der Waals surface area contributed by atoms with E-state index in [9.17, 15) is 9.90 Å². The van der Waals surface area contributed by atoms with Crippen LogP contribution in [-0.4, -0.2) is 24.6 Å². The zero-order chi connectivity index (χ0) is 15.9. The molecule has 5 heteroatoms. The molecular weight excluding hydrogens is 348 g/mol. The van der Waals surface area contributed by atoms with Crippen molar-refractivity contribution in [1.29, 1.82) is 0 Å². The fourth-order valence-electron chi connectivity index (χ4n) is 1.75. The Bertz CT molecular complexity index is 681. The van der Waals surface area contributed by atoms with Gasteiger partial charge in [0.05, 0.1) is 11.6 Å². The van der Waals surface area contributed by atoms with Gasteiger partial charge in [-0.15, -0.1) is 0 Å². The van der Waals surface area contributed by atoms with Crippen LogP contribution in [0.5, 0.6) is 17.2 Å². The molecule has 0 unspecified atom stereocenters. The summed E-state index contributed by atoms with van der Waals surface area (Å²) in [6, 6.07) is 12.5. The molecule has 0 spiro atoms. The lowest BCUT2D eigenvalue weighted by atomic mass is 10.1. The molecule has 0 radical (unpaired) electrons. The summed E-state index contributed by atoms with van der Waals surface area (Å²) in [6.07, 6.45) is 3.07. The maximum absolute atomic E-state index is 11.8. The molecule has 0 aliphatic carbocycles. The van der Waals surface area contributed by atoms with E-state index in [-0.39, 0.29) is 18.1 Å². The molecule has 114 valence electrons. The van der Waals surface area contributed by atoms with Gasteiger partial charge in [-0.1, -0.05) is 24.3 Å². The van der Waals surface area contributed by atoms with Crippen molar-refractivity contribution in [3.63, 3.8) is 0 Å². The second kappa shape index (κ2) is 7.66. The van der Waals surface area contributed by atoms with Crippen molar-refractivity contribution >= 4 is 27.8 Å². The Balaban J connectivity index is 1.99. The Hall–Kier alpha value is -2.27. The van der Waals surface area contributed by atoms with Crippen LogP contribution in [0.1, 0.15) is 5.56 Å². The number of phenols is 1. The zero-order valence-electron chi connectivity index (χ0n) is 12.0. The van der Waals surface area contributed by atoms with Crippen LogP contribution in [0.4, 0.5) is 0 Å². The molecule has 0 heterocycles. The SMILES string of the molecule is COc1cc(C=CC(=O)COc2ccccc2)cc(Br)c1O. The monoisotopic (exact) mass is 362 g/mol. The second-order valence-corrected chi connectivity index (χ2v) is 5.31. The summed E-state index contributed by atoms with van der Waals surface area (Å²) in [6.45, 7) is -0.0309. The van der Waals surface area contributed by atoms with Gasteiger partial charge < -0.3 is 14.6 Å². The zero-order valence-corrected chi connectivity index (χ0v) is 13.5. The lowest BCUT2D eigenvalue weighted by molar-refractivity contribution is -0.116. The third kappa shape index (κ3) is 4.36. The molecule has 2 aromatic rings. The van der Waals surface area contributed by atoms with Crippen LogP contribution in [0, 0.1) is 0 Å². The molecule has 2 aromatic carbocycles. The van der Waals surface area contributed by atoms with Gasteiger partial charge in [-0.3, -0.25) is 4.79 Å². The molecule has 4 nitrogen and oxygen atoms in total. The quantitative estimate of drug-likeness (QED) is 0.793. The van der Waals surface area contributed by atoms with Crippen LogP contribution in [0.2, 0.25) is 0 Å². The summed E-state index contributed by atoms with van der Waals surface area (Å²) in [4.78, 5) is 11.8. The molecule has 0 bridgehead atoms. The molecule has 0 amide bonds. The minimum atomic E-state index is -0.160. The lowest BCUT2D eigenvalue weighted by Gasteiger charge is -2.06. The van der Waals surface area contributed by atoms with E-state index >= 15 is 0 Å². The Morgan fingerprint density at radius 3 is 2.68 bits per heavy atom. The number of para-hydroxylation sites is 1. The predicted molar refractivity (Wildman–Crippen MR) is 88.3 cm³/mol. The van der Waals surface area contributed by atoms with E-state index in [1.54, 1.807) is 30.3 Å². The summed E-state index contributed by atoms with van der Waals surface area (Å²) in [7, 11) is 1.47. The van der Waals surface area contributed by atoms with E-state index in [4.69, 9.17) is 9.47 Å². The van der Waals surface area contributed by atoms with Crippen molar-refractivity contribution in [3.8, 4) is 17.2 Å². The minimum absolute atomic E-state index is 0.0263. The van der Waals surface area contributed by atoms with E-state index in [1.807, 2.05) is 18.2 Å². The number of hydrogen-bond donors (Lipinski definition) is 1. The second-order valence-electron chi connectivity index (χ2n) is 4.45. The Kier molecular flexibility index (Phi) is 5.61. The molecule has 0 aromatic heterocycles. The summed E-state index contributed by atoms with van der Waals surface area (Å²) in [5.41, 5.74) is 0.731. The van der Waals surface area contributed by atoms with Gasteiger partial charge in [-0.25, -0.2) is 0 Å². The lowest BCUT2D eigenvalue weighted by Crippen LogP contribution is -2.07. The number of rotatable bonds is 6. The molecule has 22 heavy (non-hydrogen) atoms. The molecule has 0 aliphatic rings. The van der Waals surface area contributed by atoms with Crippen LogP contribution in [0.25, 0.3) is 6.08 Å². The first kappa shape index (κ1) is 16.1. The summed E-state index contributed by atoms with van der Waals surface area (Å²) in [5.74, 6) is 0.853. The van der Waals surface area contributed by atoms with Crippen molar-refractivity contribution in [3.05, 3.63) is 58.6 Å². The van der Waals surface area contributed by atoms with Crippen LogP contribution in [0.3, 0.4) is 0 Å². The number of aromatic hydroxyl groups is 1. The highest BCUT2D eigenvalue weighted by atomic mass is 79.9. The Labute approximate surface area is 137 Å². The summed E-state index contributed by atoms with van der Waals surface area (Å²) < 4.78 is 10.9. The average molecular weight is 363 g/mol. The highest BCUT2D eigenvalue weighted by Gasteiger charge is 2.07. The van der Waals surface area contributed by atoms with Crippen molar-refractivity contribution in [1.82, 2.24) is 0 Å². The standard InChI is InChI=1S/C17H15BrO4/c1-21-16-10-12(9-15(18)17(16)20)7-8-13(19)11-22-14-5-3-2-4-6-14/h2-10,20H,11H2,1H3. The maximum Gasteiger partial charge on any atom is 0.193 e. The number of benzene rings is 2. The maximum atomic E-state index is 11.8. The van der Waals surface area contributed by atoms with Crippen LogP contribution >= 0.6 is 15.9 Å². The smallest absolute Gasteiger partial charge is 0.193 e. The third-order valence-electron chi connectivity index (χ3n) is 2.86. The number of carbonyl (C=O) groups excluding carboxylic acids is 1. The van der Waals surface area contributed by atoms with Crippen molar-refractivity contribution in [2.75, 3.05) is 13.7 Å². The Morgan fingerprint density at radius 2 is 2.00 bits per heavy atom. The number of methoxy groups -OCH3 is 1. The normalized spacial score (nSPS) is 10.6. The van der Waals surface area contributed by atoms with Gasteiger partial charge in [0.15, 0.2) is 23.9 Å². The van der Waals surface area contributed by atoms with E-state index in [1.165, 1.54) is 13.2 Å². The third-order valence-corrected chi connectivity index (χ3v) is 3.46. The van der Waals surface area contributed by atoms with Gasteiger partial charge in [-0.2, -0.15) is 0 Å². The van der Waals surface area contributed by atoms with E-state index in [0.29, 0.717) is 16.0 Å². The van der Waals surface area contributed by atoms with E-state index in [2.05, 4.69) is 15.9 Å². The molecule has 0 aliphatic heterocycles. The van der Waals surface area contributed by atoms with Crippen LogP contribution < -0.4 is 9.47 Å². The molecule has 0 atom stereocenters. The Morgan fingerprint density at radius 1 is 1.27 bits per heavy atom. The number of hydrogen-bond acceptors (Lipinski definition) is 4. The predicted octanol–water partition coefficient (Wildman–Crippen LogP) is 3.82. The van der Waals surface area contributed by atoms with Crippen molar-refractivity contribution in [2.24, 2.45) is 0 Å². The van der Waals surface area contributed by atoms with Gasteiger partial charge >= 0.3 is 0 Å². The van der Waals surface area contributed by atoms with E-state index in [0.717, 1.165) is 5.56 Å². The number of ketones is 1. The minimum Gasteiger partial charge on any atom is -0.503 e. The summed E-state index contributed by atoms with van der Waals surface area (Å²) in [5, 5.41) is 9.73. The first-order chi connectivity index (χ1) is 10.6. The number of ether oxygens (including phenoxy) is 2. The highest BCUT2D eigenvalue weighted by Crippen LogP contribution is 2.35. The van der Waals surface area contributed by atoms with Gasteiger partial charge in [0.1, 0.15) is 5.75 Å². The molecule has 0 saturated heterocycles.